The molecule has 198 valence electrons. The second kappa shape index (κ2) is 10.5. The summed E-state index contributed by atoms with van der Waals surface area (Å²) in [5.41, 5.74) is 11.4. The number of benzene rings is 2. The molecule has 3 heterocycles. The summed E-state index contributed by atoms with van der Waals surface area (Å²) in [6.45, 7) is 1.57. The molecule has 38 heavy (non-hydrogen) atoms. The van der Waals surface area contributed by atoms with Crippen LogP contribution in [0.4, 0.5) is 11.4 Å². The van der Waals surface area contributed by atoms with Crippen LogP contribution in [0.5, 0.6) is 17.2 Å². The number of likely N-dealkylation sites (N-methyl/N-ethyl adjacent to an activating group) is 1. The molecule has 0 bridgehead atoms. The van der Waals surface area contributed by atoms with Gasteiger partial charge in [0.2, 0.25) is 5.75 Å². The average Bonchev–Trinajstić information content (AvgIpc) is 3.24. The van der Waals surface area contributed by atoms with Crippen LogP contribution in [0.2, 0.25) is 10.0 Å². The molecule has 1 aliphatic rings. The Labute approximate surface area is 234 Å². The van der Waals surface area contributed by atoms with Crippen LogP contribution in [0, 0.1) is 0 Å². The normalized spacial score (nSPS) is 13.3. The summed E-state index contributed by atoms with van der Waals surface area (Å²) in [5, 5.41) is 4.34. The van der Waals surface area contributed by atoms with Crippen molar-refractivity contribution in [3.63, 3.8) is 0 Å². The molecule has 2 aromatic carbocycles. The van der Waals surface area contributed by atoms with Gasteiger partial charge in [0, 0.05) is 41.8 Å². The number of methoxy groups -OCH3 is 3. The van der Waals surface area contributed by atoms with Crippen LogP contribution in [-0.4, -0.2) is 50.7 Å². The predicted molar refractivity (Wildman–Crippen MR) is 154 cm³/mol. The van der Waals surface area contributed by atoms with E-state index in [0.29, 0.717) is 54.9 Å². The quantitative estimate of drug-likeness (QED) is 0.287. The van der Waals surface area contributed by atoms with Gasteiger partial charge < -0.3 is 30.2 Å². The number of ether oxygens (including phenoxy) is 3. The fourth-order valence-electron chi connectivity index (χ4n) is 4.73. The van der Waals surface area contributed by atoms with Gasteiger partial charge >= 0.3 is 0 Å². The third-order valence-electron chi connectivity index (χ3n) is 6.56. The van der Waals surface area contributed by atoms with Gasteiger partial charge in [0.25, 0.3) is 5.91 Å². The van der Waals surface area contributed by atoms with E-state index >= 15 is 0 Å². The first-order valence-electron chi connectivity index (χ1n) is 11.7. The van der Waals surface area contributed by atoms with Crippen LogP contribution < -0.4 is 25.3 Å². The zero-order valence-electron chi connectivity index (χ0n) is 21.3. The van der Waals surface area contributed by atoms with Crippen molar-refractivity contribution in [3.05, 3.63) is 56.5 Å². The molecule has 0 unspecified atom stereocenters. The first-order chi connectivity index (χ1) is 18.2. The number of hydrogen-bond acceptors (Lipinski definition) is 8. The number of pyridine rings is 1. The van der Waals surface area contributed by atoms with Crippen LogP contribution in [-0.2, 0) is 13.0 Å². The number of nitrogens with one attached hydrogen (secondary N) is 1. The van der Waals surface area contributed by atoms with Gasteiger partial charge in [-0.05, 0) is 48.5 Å². The average molecular weight is 574 g/mol. The minimum atomic E-state index is -0.352. The Morgan fingerprint density at radius 1 is 1.08 bits per heavy atom. The van der Waals surface area contributed by atoms with Crippen molar-refractivity contribution in [2.45, 2.75) is 13.0 Å². The number of anilines is 2. The molecule has 2 aromatic heterocycles. The van der Waals surface area contributed by atoms with E-state index < -0.39 is 0 Å². The van der Waals surface area contributed by atoms with Crippen LogP contribution >= 0.6 is 34.5 Å². The molecule has 0 saturated heterocycles. The van der Waals surface area contributed by atoms with Gasteiger partial charge in [-0.1, -0.05) is 23.2 Å². The number of carbonyl (C=O) groups is 1. The van der Waals surface area contributed by atoms with Crippen LogP contribution in [0.3, 0.4) is 0 Å². The van der Waals surface area contributed by atoms with Crippen molar-refractivity contribution in [1.82, 2.24) is 9.88 Å². The summed E-state index contributed by atoms with van der Waals surface area (Å²) in [4.78, 5) is 21.6. The lowest BCUT2D eigenvalue weighted by atomic mass is 9.91. The summed E-state index contributed by atoms with van der Waals surface area (Å²) in [7, 11) is 6.80. The number of halogens is 2. The molecule has 1 amide bonds. The lowest BCUT2D eigenvalue weighted by Gasteiger charge is -2.27. The molecule has 5 rings (SSSR count). The molecule has 0 aliphatic carbocycles. The Bertz CT molecular complexity index is 1550. The first kappa shape index (κ1) is 26.4. The minimum Gasteiger partial charge on any atom is -0.493 e. The van der Waals surface area contributed by atoms with Gasteiger partial charge in [0.15, 0.2) is 11.5 Å². The highest BCUT2D eigenvalue weighted by molar-refractivity contribution is 7.21. The van der Waals surface area contributed by atoms with Crippen LogP contribution in [0.15, 0.2) is 30.3 Å². The molecule has 0 radical (unpaired) electrons. The van der Waals surface area contributed by atoms with Gasteiger partial charge in [-0.15, -0.1) is 11.3 Å². The van der Waals surface area contributed by atoms with E-state index in [4.69, 9.17) is 48.1 Å². The fourth-order valence-corrected chi connectivity index (χ4v) is 6.05. The maximum absolute atomic E-state index is 13.4. The maximum atomic E-state index is 13.4. The van der Waals surface area contributed by atoms with Gasteiger partial charge in [-0.3, -0.25) is 4.79 Å². The summed E-state index contributed by atoms with van der Waals surface area (Å²) in [6, 6.07) is 8.71. The first-order valence-corrected chi connectivity index (χ1v) is 13.3. The monoisotopic (exact) mass is 572 g/mol. The van der Waals surface area contributed by atoms with E-state index in [1.54, 1.807) is 39.5 Å². The van der Waals surface area contributed by atoms with Gasteiger partial charge in [0.05, 0.1) is 37.1 Å². The van der Waals surface area contributed by atoms with Crippen molar-refractivity contribution in [2.24, 2.45) is 0 Å². The molecule has 3 N–H and O–H groups in total. The van der Waals surface area contributed by atoms with E-state index in [1.165, 1.54) is 11.3 Å². The van der Waals surface area contributed by atoms with Crippen LogP contribution in [0.1, 0.15) is 20.9 Å². The number of thiophene rings is 1. The zero-order valence-corrected chi connectivity index (χ0v) is 23.6. The summed E-state index contributed by atoms with van der Waals surface area (Å²) < 4.78 is 16.8. The van der Waals surface area contributed by atoms with E-state index in [9.17, 15) is 4.79 Å². The highest BCUT2D eigenvalue weighted by Crippen LogP contribution is 2.47. The fraction of sp³-hybridized carbons (Fsp3) is 0.259. The number of hydrogen-bond donors (Lipinski definition) is 2. The summed E-state index contributed by atoms with van der Waals surface area (Å²) in [5.74, 6) is 1.19. The maximum Gasteiger partial charge on any atom is 0.267 e. The van der Waals surface area contributed by atoms with E-state index in [0.717, 1.165) is 40.7 Å². The molecule has 0 saturated carbocycles. The smallest absolute Gasteiger partial charge is 0.267 e. The summed E-state index contributed by atoms with van der Waals surface area (Å²) >= 11 is 13.4. The second-order valence-corrected chi connectivity index (χ2v) is 10.7. The SMILES string of the molecule is COc1cc(-c2c3c(nc4sc(C(=O)Nc5ccc(Cl)c(Cl)c5)c(N)c24)CCN(C)C3)cc(OC)c1OC. The third-order valence-corrected chi connectivity index (χ3v) is 8.40. The molecule has 11 heteroatoms. The van der Waals surface area contributed by atoms with Crippen molar-refractivity contribution in [3.8, 4) is 28.4 Å². The van der Waals surface area contributed by atoms with Gasteiger partial charge in [0.1, 0.15) is 9.71 Å². The van der Waals surface area contributed by atoms with E-state index in [2.05, 4.69) is 17.3 Å². The number of nitrogen functional groups attached to an aromatic ring is 1. The largest absolute Gasteiger partial charge is 0.493 e. The minimum absolute atomic E-state index is 0.344. The Balaban J connectivity index is 1.72. The highest BCUT2D eigenvalue weighted by Gasteiger charge is 2.28. The second-order valence-electron chi connectivity index (χ2n) is 8.92. The number of rotatable bonds is 6. The molecule has 1 aliphatic heterocycles. The third kappa shape index (κ3) is 4.60. The summed E-state index contributed by atoms with van der Waals surface area (Å²) in [6.07, 6.45) is 0.780. The highest BCUT2D eigenvalue weighted by atomic mass is 35.5. The molecule has 0 fully saturated rings. The lowest BCUT2D eigenvalue weighted by Crippen LogP contribution is -2.28. The number of nitrogens with zero attached hydrogens (tertiary/aromatic N) is 2. The van der Waals surface area contributed by atoms with E-state index in [1.807, 2.05) is 12.1 Å². The Morgan fingerprint density at radius 2 is 1.79 bits per heavy atom. The lowest BCUT2D eigenvalue weighted by molar-refractivity contribution is 0.103. The topological polar surface area (TPSA) is 98.9 Å². The number of amides is 1. The number of carbonyl (C=O) groups excluding carboxylic acids is 1. The molecule has 0 spiro atoms. The zero-order chi connectivity index (χ0) is 27.1. The molecule has 0 atom stereocenters. The molecule has 4 aromatic rings. The van der Waals surface area contributed by atoms with Crippen molar-refractivity contribution >= 4 is 62.0 Å². The Morgan fingerprint density at radius 3 is 2.42 bits per heavy atom. The number of aromatic nitrogens is 1. The Hall–Kier alpha value is -3.24. The number of nitrogens with two attached hydrogens (primary N) is 1. The van der Waals surface area contributed by atoms with Crippen molar-refractivity contribution in [2.75, 3.05) is 46.0 Å². The van der Waals surface area contributed by atoms with Crippen molar-refractivity contribution in [1.29, 1.82) is 0 Å². The van der Waals surface area contributed by atoms with Gasteiger partial charge in [-0.2, -0.15) is 0 Å². The Kier molecular flexibility index (Phi) is 7.28. The standard InChI is InChI=1S/C27H26Cl2N4O4S/c1-33-8-7-18-15(12-33)21(13-9-19(35-2)24(37-4)20(10-13)36-3)22-23(30)25(38-27(22)32-18)26(34)31-14-5-6-16(28)17(29)11-14/h5-6,9-11H,7-8,12,30H2,1-4H3,(H,31,34). The predicted octanol–water partition coefficient (Wildman–Crippen LogP) is 6.12. The number of fused-ring (bicyclic) bond motifs is 2. The van der Waals surface area contributed by atoms with Crippen LogP contribution in [0.25, 0.3) is 21.3 Å². The molecule has 8 nitrogen and oxygen atoms in total. The van der Waals surface area contributed by atoms with Gasteiger partial charge in [-0.25, -0.2) is 4.98 Å². The molecular weight excluding hydrogens is 547 g/mol. The molecular formula is C27H26Cl2N4O4S. The van der Waals surface area contributed by atoms with Crippen molar-refractivity contribution < 1.29 is 19.0 Å². The van der Waals surface area contributed by atoms with E-state index in [-0.39, 0.29) is 5.91 Å².